The molecule has 1 aliphatic rings. The van der Waals surface area contributed by atoms with Gasteiger partial charge in [-0.2, -0.15) is 0 Å². The Morgan fingerprint density at radius 3 is 2.84 bits per heavy atom. The van der Waals surface area contributed by atoms with E-state index in [-0.39, 0.29) is 23.2 Å². The van der Waals surface area contributed by atoms with Crippen molar-refractivity contribution < 1.29 is 13.9 Å². The lowest BCUT2D eigenvalue weighted by Gasteiger charge is -2.37. The summed E-state index contributed by atoms with van der Waals surface area (Å²) in [6.45, 7) is 6.37. The van der Waals surface area contributed by atoms with Gasteiger partial charge in [-0.15, -0.1) is 0 Å². The molecule has 1 aliphatic carbocycles. The molecule has 164 valence electrons. The van der Waals surface area contributed by atoms with Crippen LogP contribution in [-0.2, 0) is 4.79 Å². The van der Waals surface area contributed by atoms with Gasteiger partial charge < -0.3 is 10.1 Å². The highest BCUT2D eigenvalue weighted by atomic mass is 19.1. The molecular weight excluding hydrogens is 403 g/mol. The number of hydrogen-bond donors (Lipinski definition) is 1. The van der Waals surface area contributed by atoms with Crippen molar-refractivity contribution in [3.05, 3.63) is 90.0 Å². The van der Waals surface area contributed by atoms with Crippen molar-refractivity contribution in [3.8, 4) is 5.75 Å². The first-order valence-electron chi connectivity index (χ1n) is 10.8. The van der Waals surface area contributed by atoms with E-state index in [4.69, 9.17) is 4.74 Å². The predicted molar refractivity (Wildman–Crippen MR) is 126 cm³/mol. The largest absolute Gasteiger partial charge is 0.486 e. The monoisotopic (exact) mass is 430 g/mol. The molecule has 4 nitrogen and oxygen atoms in total. The number of anilines is 1. The van der Waals surface area contributed by atoms with Crippen molar-refractivity contribution in [1.82, 2.24) is 4.98 Å². The number of aromatic nitrogens is 1. The van der Waals surface area contributed by atoms with Crippen molar-refractivity contribution in [2.75, 3.05) is 5.32 Å². The molecular formula is C27H27FN2O2. The minimum absolute atomic E-state index is 0.0895. The summed E-state index contributed by atoms with van der Waals surface area (Å²) in [5.41, 5.74) is 2.79. The van der Waals surface area contributed by atoms with E-state index in [0.717, 1.165) is 40.4 Å². The van der Waals surface area contributed by atoms with Crippen LogP contribution in [0.5, 0.6) is 5.75 Å². The minimum atomic E-state index is -0.318. The van der Waals surface area contributed by atoms with Gasteiger partial charge >= 0.3 is 0 Å². The Morgan fingerprint density at radius 1 is 1.22 bits per heavy atom. The third kappa shape index (κ3) is 4.72. The van der Waals surface area contributed by atoms with E-state index in [1.54, 1.807) is 30.6 Å². The summed E-state index contributed by atoms with van der Waals surface area (Å²) in [7, 11) is 0. The van der Waals surface area contributed by atoms with Crippen LogP contribution in [0, 0.1) is 11.2 Å². The van der Waals surface area contributed by atoms with E-state index in [9.17, 15) is 9.18 Å². The number of rotatable bonds is 5. The number of nitrogens with zero attached hydrogens (tertiary/aromatic N) is 1. The number of halogens is 1. The lowest BCUT2D eigenvalue weighted by Crippen LogP contribution is -2.31. The minimum Gasteiger partial charge on any atom is -0.486 e. The van der Waals surface area contributed by atoms with E-state index in [0.29, 0.717) is 5.75 Å². The van der Waals surface area contributed by atoms with E-state index >= 15 is 0 Å². The zero-order valence-electron chi connectivity index (χ0n) is 18.6. The molecule has 0 bridgehead atoms. The number of ether oxygens (including phenoxy) is 1. The molecule has 1 amide bonds. The van der Waals surface area contributed by atoms with Crippen LogP contribution in [0.1, 0.15) is 33.6 Å². The molecule has 1 heterocycles. The van der Waals surface area contributed by atoms with Crippen LogP contribution in [0.25, 0.3) is 10.8 Å². The van der Waals surface area contributed by atoms with Gasteiger partial charge in [0.25, 0.3) is 0 Å². The summed E-state index contributed by atoms with van der Waals surface area (Å²) in [5.74, 6) is 0.000406. The highest BCUT2D eigenvalue weighted by Gasteiger charge is 2.33. The third-order valence-electron chi connectivity index (χ3n) is 6.08. The average molecular weight is 431 g/mol. The van der Waals surface area contributed by atoms with E-state index in [1.165, 1.54) is 12.1 Å². The molecule has 1 aromatic heterocycles. The molecule has 4 rings (SSSR count). The van der Waals surface area contributed by atoms with Gasteiger partial charge in [-0.3, -0.25) is 9.78 Å². The van der Waals surface area contributed by atoms with Gasteiger partial charge in [0, 0.05) is 41.0 Å². The van der Waals surface area contributed by atoms with Crippen molar-refractivity contribution in [2.24, 2.45) is 5.41 Å². The predicted octanol–water partition coefficient (Wildman–Crippen LogP) is 6.45. The summed E-state index contributed by atoms with van der Waals surface area (Å²) in [4.78, 5) is 16.8. The van der Waals surface area contributed by atoms with E-state index in [2.05, 4.69) is 24.1 Å². The highest BCUT2D eigenvalue weighted by Crippen LogP contribution is 2.42. The molecule has 1 unspecified atom stereocenters. The maximum absolute atomic E-state index is 13.6. The Balaban J connectivity index is 1.55. The number of nitrogens with one attached hydrogen (secondary N) is 1. The first kappa shape index (κ1) is 21.8. The number of amides is 1. The number of fused-ring (bicyclic) bond motifs is 1. The lowest BCUT2D eigenvalue weighted by molar-refractivity contribution is -0.111. The molecule has 1 N–H and O–H groups in total. The number of carbonyl (C=O) groups is 1. The fourth-order valence-electron chi connectivity index (χ4n) is 4.32. The van der Waals surface area contributed by atoms with Crippen LogP contribution >= 0.6 is 0 Å². The van der Waals surface area contributed by atoms with Gasteiger partial charge in [-0.25, -0.2) is 4.39 Å². The second-order valence-corrected chi connectivity index (χ2v) is 8.81. The standard InChI is InChI=1S/C27H27FN2O2/c1-18-23(27(2,3)14-12-25(18)32-21-8-5-7-20(28)16-21)10-11-26(31)30-24-9-4-6-19-17-29-15-13-22(19)24/h4-11,13,15-17,25H,12,14H2,1-3H3,(H,30,31). The number of carbonyl (C=O) groups excluding carboxylic acids is 1. The fraction of sp³-hybridized carbons (Fsp3) is 0.259. The average Bonchev–Trinajstić information content (AvgIpc) is 2.76. The molecule has 0 aliphatic heterocycles. The number of allylic oxidation sites excluding steroid dienone is 2. The molecule has 0 fully saturated rings. The van der Waals surface area contributed by atoms with Gasteiger partial charge in [0.2, 0.25) is 5.91 Å². The van der Waals surface area contributed by atoms with Crippen LogP contribution in [0.2, 0.25) is 0 Å². The van der Waals surface area contributed by atoms with Crippen LogP contribution in [0.3, 0.4) is 0 Å². The van der Waals surface area contributed by atoms with Gasteiger partial charge in [0.15, 0.2) is 0 Å². The van der Waals surface area contributed by atoms with Crippen LogP contribution in [0.15, 0.2) is 84.2 Å². The zero-order valence-corrected chi connectivity index (χ0v) is 18.6. The smallest absolute Gasteiger partial charge is 0.248 e. The van der Waals surface area contributed by atoms with Crippen LogP contribution in [-0.4, -0.2) is 17.0 Å². The SMILES string of the molecule is CC1=C(C=CC(=O)Nc2cccc3cnccc23)C(C)(C)CCC1Oc1cccc(F)c1. The first-order chi connectivity index (χ1) is 15.3. The summed E-state index contributed by atoms with van der Waals surface area (Å²) < 4.78 is 19.6. The van der Waals surface area contributed by atoms with Gasteiger partial charge in [-0.1, -0.05) is 38.1 Å². The molecule has 2 aromatic carbocycles. The molecule has 3 aromatic rings. The molecule has 0 saturated carbocycles. The highest BCUT2D eigenvalue weighted by molar-refractivity contribution is 6.06. The van der Waals surface area contributed by atoms with E-state index < -0.39 is 0 Å². The molecule has 5 heteroatoms. The van der Waals surface area contributed by atoms with Gasteiger partial charge in [0.05, 0.1) is 0 Å². The molecule has 32 heavy (non-hydrogen) atoms. The van der Waals surface area contributed by atoms with Crippen molar-refractivity contribution >= 4 is 22.4 Å². The fourth-order valence-corrected chi connectivity index (χ4v) is 4.32. The van der Waals surface area contributed by atoms with Crippen LogP contribution in [0.4, 0.5) is 10.1 Å². The Kier molecular flexibility index (Phi) is 6.08. The van der Waals surface area contributed by atoms with E-state index in [1.807, 2.05) is 37.3 Å². The summed E-state index contributed by atoms with van der Waals surface area (Å²) in [5, 5.41) is 4.89. The number of pyridine rings is 1. The summed E-state index contributed by atoms with van der Waals surface area (Å²) in [6, 6.07) is 13.8. The second-order valence-electron chi connectivity index (χ2n) is 8.81. The summed E-state index contributed by atoms with van der Waals surface area (Å²) >= 11 is 0. The topological polar surface area (TPSA) is 51.2 Å². The Labute approximate surface area is 187 Å². The molecule has 0 spiro atoms. The Morgan fingerprint density at radius 2 is 2.03 bits per heavy atom. The molecule has 0 saturated heterocycles. The first-order valence-corrected chi connectivity index (χ1v) is 10.8. The maximum Gasteiger partial charge on any atom is 0.248 e. The quantitative estimate of drug-likeness (QED) is 0.473. The molecule has 1 atom stereocenters. The number of hydrogen-bond acceptors (Lipinski definition) is 3. The van der Waals surface area contributed by atoms with Gasteiger partial charge in [0.1, 0.15) is 17.7 Å². The third-order valence-corrected chi connectivity index (χ3v) is 6.08. The van der Waals surface area contributed by atoms with Crippen molar-refractivity contribution in [2.45, 2.75) is 39.7 Å². The van der Waals surface area contributed by atoms with Crippen molar-refractivity contribution in [3.63, 3.8) is 0 Å². The summed E-state index contributed by atoms with van der Waals surface area (Å²) in [6.07, 6.45) is 8.54. The zero-order chi connectivity index (χ0) is 22.7. The lowest BCUT2D eigenvalue weighted by atomic mass is 9.71. The van der Waals surface area contributed by atoms with Gasteiger partial charge in [-0.05, 0) is 60.6 Å². The Hall–Kier alpha value is -3.47. The van der Waals surface area contributed by atoms with Crippen molar-refractivity contribution in [1.29, 1.82) is 0 Å². The Bertz CT molecular complexity index is 1210. The molecule has 0 radical (unpaired) electrons. The normalized spacial score (nSPS) is 18.2. The maximum atomic E-state index is 13.6. The second kappa shape index (κ2) is 8.95. The van der Waals surface area contributed by atoms with Crippen LogP contribution < -0.4 is 10.1 Å². The number of benzene rings is 2.